The van der Waals surface area contributed by atoms with Gasteiger partial charge in [0.15, 0.2) is 6.33 Å². The minimum atomic E-state index is -0.717. The molecule has 0 saturated carbocycles. The van der Waals surface area contributed by atoms with E-state index in [4.69, 9.17) is 10.3 Å². The second-order valence-corrected chi connectivity index (χ2v) is 3.87. The average molecular weight is 277 g/mol. The van der Waals surface area contributed by atoms with E-state index in [0.717, 1.165) is 6.07 Å². The van der Waals surface area contributed by atoms with Gasteiger partial charge in [0.25, 0.3) is 5.69 Å². The van der Waals surface area contributed by atoms with Crippen LogP contribution < -0.4 is 11.1 Å². The number of nitro benzene ring substituents is 1. The minimum Gasteiger partial charge on any atom is -0.379 e. The van der Waals surface area contributed by atoms with E-state index in [1.807, 2.05) is 0 Å². The Morgan fingerprint density at radius 2 is 2.30 bits per heavy atom. The molecular formula is C11H11N5O4. The smallest absolute Gasteiger partial charge is 0.293 e. The van der Waals surface area contributed by atoms with Crippen LogP contribution in [0, 0.1) is 10.1 Å². The van der Waals surface area contributed by atoms with E-state index < -0.39 is 10.8 Å². The highest BCUT2D eigenvalue weighted by atomic mass is 16.6. The Bertz CT molecular complexity index is 626. The molecule has 0 bridgehead atoms. The van der Waals surface area contributed by atoms with Crippen LogP contribution in [-0.4, -0.2) is 27.5 Å². The highest BCUT2D eigenvalue weighted by molar-refractivity contribution is 5.94. The fourth-order valence-electron chi connectivity index (χ4n) is 1.60. The number of anilines is 1. The lowest BCUT2D eigenvalue weighted by atomic mass is 10.1. The lowest BCUT2D eigenvalue weighted by Gasteiger charge is -2.06. The van der Waals surface area contributed by atoms with Crippen LogP contribution in [-0.2, 0) is 6.42 Å². The van der Waals surface area contributed by atoms with Gasteiger partial charge in [0.1, 0.15) is 5.69 Å². The molecule has 0 aliphatic heterocycles. The van der Waals surface area contributed by atoms with Crippen LogP contribution >= 0.6 is 0 Å². The lowest BCUT2D eigenvalue weighted by molar-refractivity contribution is -0.384. The molecule has 0 fully saturated rings. The Kier molecular flexibility index (Phi) is 3.89. The molecule has 9 nitrogen and oxygen atoms in total. The van der Waals surface area contributed by atoms with Crippen molar-refractivity contribution in [3.8, 4) is 0 Å². The van der Waals surface area contributed by atoms with Crippen LogP contribution in [0.2, 0.25) is 0 Å². The molecule has 3 N–H and O–H groups in total. The molecule has 0 spiro atoms. The summed E-state index contributed by atoms with van der Waals surface area (Å²) in [6.45, 7) is 0.374. The number of aromatic nitrogens is 2. The van der Waals surface area contributed by atoms with E-state index in [-0.39, 0.29) is 11.3 Å². The first-order chi connectivity index (χ1) is 9.58. The maximum absolute atomic E-state index is 11.0. The van der Waals surface area contributed by atoms with E-state index in [1.54, 1.807) is 0 Å². The topological polar surface area (TPSA) is 137 Å². The van der Waals surface area contributed by atoms with Crippen LogP contribution in [0.15, 0.2) is 29.0 Å². The number of carbonyl (C=O) groups excluding carboxylic acids is 1. The molecule has 1 aromatic heterocycles. The van der Waals surface area contributed by atoms with E-state index in [0.29, 0.717) is 24.5 Å². The third kappa shape index (κ3) is 3.07. The third-order valence-corrected chi connectivity index (χ3v) is 2.54. The standard InChI is InChI=1S/C11H11N5O4/c12-11(17)7-1-2-8(9(5-7)16(18)19)13-4-3-10-14-6-15-20-10/h1-2,5-6,13H,3-4H2,(H2,12,17). The van der Waals surface area contributed by atoms with Crippen LogP contribution in [0.3, 0.4) is 0 Å². The summed E-state index contributed by atoms with van der Waals surface area (Å²) in [5.41, 5.74) is 5.25. The van der Waals surface area contributed by atoms with Gasteiger partial charge >= 0.3 is 0 Å². The molecule has 0 aliphatic carbocycles. The fourth-order valence-corrected chi connectivity index (χ4v) is 1.60. The van der Waals surface area contributed by atoms with Gasteiger partial charge in [0.2, 0.25) is 11.8 Å². The molecule has 1 heterocycles. The molecule has 0 unspecified atom stereocenters. The van der Waals surface area contributed by atoms with Crippen molar-refractivity contribution in [1.29, 1.82) is 0 Å². The maximum Gasteiger partial charge on any atom is 0.293 e. The molecule has 1 aromatic carbocycles. The van der Waals surface area contributed by atoms with Crippen LogP contribution in [0.25, 0.3) is 0 Å². The molecule has 2 rings (SSSR count). The SMILES string of the molecule is NC(=O)c1ccc(NCCc2ncno2)c([N+](=O)[O-])c1. The molecule has 9 heteroatoms. The Morgan fingerprint density at radius 3 is 2.90 bits per heavy atom. The van der Waals surface area contributed by atoms with Crippen molar-refractivity contribution in [2.75, 3.05) is 11.9 Å². The van der Waals surface area contributed by atoms with Crippen molar-refractivity contribution in [2.24, 2.45) is 5.73 Å². The molecule has 20 heavy (non-hydrogen) atoms. The third-order valence-electron chi connectivity index (χ3n) is 2.54. The Labute approximate surface area is 112 Å². The molecule has 2 aromatic rings. The largest absolute Gasteiger partial charge is 0.379 e. The van der Waals surface area contributed by atoms with Gasteiger partial charge in [0, 0.05) is 24.6 Å². The zero-order chi connectivity index (χ0) is 14.5. The number of carbonyl (C=O) groups is 1. The van der Waals surface area contributed by atoms with Gasteiger partial charge in [-0.05, 0) is 12.1 Å². The van der Waals surface area contributed by atoms with Gasteiger partial charge < -0.3 is 15.6 Å². The summed E-state index contributed by atoms with van der Waals surface area (Å²) in [6.07, 6.45) is 1.70. The Morgan fingerprint density at radius 1 is 1.50 bits per heavy atom. The van der Waals surface area contributed by atoms with E-state index >= 15 is 0 Å². The molecule has 0 saturated heterocycles. The minimum absolute atomic E-state index is 0.0825. The molecule has 0 aliphatic rings. The fraction of sp³-hybridized carbons (Fsp3) is 0.182. The van der Waals surface area contributed by atoms with E-state index in [2.05, 4.69) is 15.5 Å². The highest BCUT2D eigenvalue weighted by Gasteiger charge is 2.16. The van der Waals surface area contributed by atoms with Gasteiger partial charge in [-0.3, -0.25) is 14.9 Å². The number of primary amides is 1. The number of rotatable bonds is 6. The summed E-state index contributed by atoms with van der Waals surface area (Å²) in [5, 5.41) is 17.3. The van der Waals surface area contributed by atoms with Gasteiger partial charge in [-0.15, -0.1) is 0 Å². The Hall–Kier alpha value is -2.97. The molecule has 1 amide bonds. The van der Waals surface area contributed by atoms with Gasteiger partial charge in [-0.25, -0.2) is 0 Å². The quantitative estimate of drug-likeness (QED) is 0.586. The number of hydrogen-bond donors (Lipinski definition) is 2. The number of amides is 1. The predicted molar refractivity (Wildman–Crippen MR) is 68.1 cm³/mol. The second kappa shape index (κ2) is 5.78. The number of nitrogens with one attached hydrogen (secondary N) is 1. The summed E-state index contributed by atoms with van der Waals surface area (Å²) in [5.74, 6) is -0.292. The summed E-state index contributed by atoms with van der Waals surface area (Å²) in [4.78, 5) is 25.2. The number of benzene rings is 1. The number of nitro groups is 1. The van der Waals surface area contributed by atoms with Crippen molar-refractivity contribution in [1.82, 2.24) is 10.1 Å². The molecular weight excluding hydrogens is 266 g/mol. The second-order valence-electron chi connectivity index (χ2n) is 3.87. The number of nitrogens with two attached hydrogens (primary N) is 1. The maximum atomic E-state index is 11.0. The van der Waals surface area contributed by atoms with E-state index in [9.17, 15) is 14.9 Å². The zero-order valence-corrected chi connectivity index (χ0v) is 10.3. The first-order valence-corrected chi connectivity index (χ1v) is 5.65. The van der Waals surface area contributed by atoms with Crippen LogP contribution in [0.4, 0.5) is 11.4 Å². The monoisotopic (exact) mass is 277 g/mol. The van der Waals surface area contributed by atoms with Gasteiger partial charge in [0.05, 0.1) is 4.92 Å². The van der Waals surface area contributed by atoms with Crippen LogP contribution in [0.1, 0.15) is 16.2 Å². The van der Waals surface area contributed by atoms with Crippen molar-refractivity contribution < 1.29 is 14.2 Å². The first kappa shape index (κ1) is 13.5. The summed E-state index contributed by atoms with van der Waals surface area (Å²) < 4.78 is 4.80. The summed E-state index contributed by atoms with van der Waals surface area (Å²) in [6, 6.07) is 3.99. The molecule has 0 atom stereocenters. The molecule has 104 valence electrons. The van der Waals surface area contributed by atoms with Gasteiger partial charge in [-0.1, -0.05) is 5.16 Å². The average Bonchev–Trinajstić information content (AvgIpc) is 2.91. The predicted octanol–water partition coefficient (Wildman–Crippen LogP) is 0.731. The van der Waals surface area contributed by atoms with Crippen molar-refractivity contribution in [3.05, 3.63) is 46.1 Å². The summed E-state index contributed by atoms with van der Waals surface area (Å²) in [7, 11) is 0. The zero-order valence-electron chi connectivity index (χ0n) is 10.3. The highest BCUT2D eigenvalue weighted by Crippen LogP contribution is 2.25. The van der Waals surface area contributed by atoms with E-state index in [1.165, 1.54) is 18.5 Å². The molecule has 0 radical (unpaired) electrons. The summed E-state index contributed by atoms with van der Waals surface area (Å²) >= 11 is 0. The first-order valence-electron chi connectivity index (χ1n) is 5.65. The number of nitrogens with zero attached hydrogens (tertiary/aromatic N) is 3. The van der Waals surface area contributed by atoms with Crippen molar-refractivity contribution in [2.45, 2.75) is 6.42 Å². The van der Waals surface area contributed by atoms with Gasteiger partial charge in [-0.2, -0.15) is 4.98 Å². The Balaban J connectivity index is 2.10. The normalized spacial score (nSPS) is 10.2. The van der Waals surface area contributed by atoms with Crippen LogP contribution in [0.5, 0.6) is 0 Å². The van der Waals surface area contributed by atoms with Crippen molar-refractivity contribution >= 4 is 17.3 Å². The lowest BCUT2D eigenvalue weighted by Crippen LogP contribution is -2.12. The number of hydrogen-bond acceptors (Lipinski definition) is 7. The van der Waals surface area contributed by atoms with Crippen molar-refractivity contribution in [3.63, 3.8) is 0 Å².